The fraction of sp³-hybridized carbons (Fsp3) is 0.167. The van der Waals surface area contributed by atoms with Crippen LogP contribution in [0.15, 0.2) is 41.1 Å². The summed E-state index contributed by atoms with van der Waals surface area (Å²) in [5.74, 6) is 0.446. The zero-order valence-electron chi connectivity index (χ0n) is 9.01. The first-order valence-corrected chi connectivity index (χ1v) is 5.86. The molecule has 0 radical (unpaired) electrons. The molecule has 1 N–H and O–H groups in total. The van der Waals surface area contributed by atoms with Gasteiger partial charge in [0, 0.05) is 4.47 Å². The third kappa shape index (κ3) is 3.51. The van der Waals surface area contributed by atoms with E-state index in [4.69, 9.17) is 9.84 Å². The monoisotopic (exact) mass is 294 g/mol. The Hall–Kier alpha value is -1.46. The molecule has 88 valence electrons. The van der Waals surface area contributed by atoms with Crippen molar-refractivity contribution in [2.45, 2.75) is 13.2 Å². The molecule has 0 saturated carbocycles. The Balaban J connectivity index is 1.97. The van der Waals surface area contributed by atoms with Gasteiger partial charge in [0.05, 0.1) is 24.7 Å². The summed E-state index contributed by atoms with van der Waals surface area (Å²) in [5.41, 5.74) is 1.58. The van der Waals surface area contributed by atoms with Gasteiger partial charge >= 0.3 is 0 Å². The van der Waals surface area contributed by atoms with Crippen molar-refractivity contribution in [1.82, 2.24) is 9.97 Å². The zero-order chi connectivity index (χ0) is 12.1. The van der Waals surface area contributed by atoms with E-state index in [1.807, 2.05) is 24.3 Å². The Morgan fingerprint density at radius 3 is 2.76 bits per heavy atom. The van der Waals surface area contributed by atoms with Crippen molar-refractivity contribution in [3.63, 3.8) is 0 Å². The van der Waals surface area contributed by atoms with E-state index in [-0.39, 0.29) is 6.61 Å². The third-order valence-corrected chi connectivity index (χ3v) is 2.61. The second-order valence-electron chi connectivity index (χ2n) is 3.42. The molecule has 0 bridgehead atoms. The minimum absolute atomic E-state index is 0.112. The van der Waals surface area contributed by atoms with Gasteiger partial charge in [-0.3, -0.25) is 4.98 Å². The first-order valence-electron chi connectivity index (χ1n) is 5.07. The minimum Gasteiger partial charge on any atom is -0.472 e. The third-order valence-electron chi connectivity index (χ3n) is 2.12. The molecule has 1 aromatic carbocycles. The fourth-order valence-electron chi connectivity index (χ4n) is 1.28. The average molecular weight is 295 g/mol. The van der Waals surface area contributed by atoms with Crippen LogP contribution < -0.4 is 4.74 Å². The molecule has 2 rings (SSSR count). The van der Waals surface area contributed by atoms with E-state index in [9.17, 15) is 0 Å². The van der Waals surface area contributed by atoms with E-state index >= 15 is 0 Å². The molecule has 0 aliphatic rings. The summed E-state index contributed by atoms with van der Waals surface area (Å²) in [6, 6.07) is 7.86. The van der Waals surface area contributed by atoms with Crippen molar-refractivity contribution in [2.24, 2.45) is 0 Å². The zero-order valence-corrected chi connectivity index (χ0v) is 10.6. The number of aromatic nitrogens is 2. The molecule has 4 nitrogen and oxygen atoms in total. The van der Waals surface area contributed by atoms with Crippen molar-refractivity contribution >= 4 is 15.9 Å². The lowest BCUT2D eigenvalue weighted by Gasteiger charge is -2.05. The highest BCUT2D eigenvalue weighted by atomic mass is 79.9. The molecule has 0 aliphatic heterocycles. The largest absolute Gasteiger partial charge is 0.472 e. The molecule has 0 saturated heterocycles. The molecule has 0 atom stereocenters. The molecule has 0 unspecified atom stereocenters. The summed E-state index contributed by atoms with van der Waals surface area (Å²) in [5, 5.41) is 8.82. The quantitative estimate of drug-likeness (QED) is 0.940. The predicted molar refractivity (Wildman–Crippen MR) is 66.4 cm³/mol. The highest BCUT2D eigenvalue weighted by Crippen LogP contribution is 2.13. The number of hydrogen-bond donors (Lipinski definition) is 1. The molecule has 0 fully saturated rings. The molecule has 0 amide bonds. The average Bonchev–Trinajstić information content (AvgIpc) is 2.37. The van der Waals surface area contributed by atoms with Gasteiger partial charge in [-0.05, 0) is 17.7 Å². The normalized spacial score (nSPS) is 10.2. The number of rotatable bonds is 4. The molecule has 0 spiro atoms. The fourth-order valence-corrected chi connectivity index (χ4v) is 1.73. The molecular weight excluding hydrogens is 284 g/mol. The lowest BCUT2D eigenvalue weighted by molar-refractivity contribution is 0.271. The van der Waals surface area contributed by atoms with Crippen LogP contribution in [0.4, 0.5) is 0 Å². The van der Waals surface area contributed by atoms with E-state index in [1.165, 1.54) is 12.4 Å². The van der Waals surface area contributed by atoms with Crippen LogP contribution >= 0.6 is 15.9 Å². The summed E-state index contributed by atoms with van der Waals surface area (Å²) < 4.78 is 6.48. The van der Waals surface area contributed by atoms with Gasteiger partial charge in [0.2, 0.25) is 5.88 Å². The summed E-state index contributed by atoms with van der Waals surface area (Å²) in [7, 11) is 0. The molecular formula is C12H11BrN2O2. The number of ether oxygens (including phenoxy) is 1. The van der Waals surface area contributed by atoms with Crippen molar-refractivity contribution in [3.05, 3.63) is 52.4 Å². The second kappa shape index (κ2) is 5.75. The summed E-state index contributed by atoms with van der Waals surface area (Å²) >= 11 is 3.40. The Morgan fingerprint density at radius 2 is 2.12 bits per heavy atom. The van der Waals surface area contributed by atoms with Gasteiger partial charge in [-0.2, -0.15) is 0 Å². The van der Waals surface area contributed by atoms with Crippen LogP contribution in [0.5, 0.6) is 5.88 Å². The Labute approximate surface area is 107 Å². The molecule has 1 aromatic heterocycles. The van der Waals surface area contributed by atoms with Gasteiger partial charge in [0.25, 0.3) is 0 Å². The second-order valence-corrected chi connectivity index (χ2v) is 4.34. The van der Waals surface area contributed by atoms with E-state index < -0.39 is 0 Å². The maximum atomic E-state index is 8.82. The standard InChI is InChI=1S/C12H11BrN2O2/c13-10-3-1-2-9(4-10)8-17-12-6-14-11(7-16)5-15-12/h1-6,16H,7-8H2. The van der Waals surface area contributed by atoms with Crippen LogP contribution in [0.25, 0.3) is 0 Å². The topological polar surface area (TPSA) is 55.2 Å². The van der Waals surface area contributed by atoms with Crippen molar-refractivity contribution in [3.8, 4) is 5.88 Å². The van der Waals surface area contributed by atoms with E-state index in [0.29, 0.717) is 18.2 Å². The lowest BCUT2D eigenvalue weighted by atomic mass is 10.2. The maximum absolute atomic E-state index is 8.82. The highest BCUT2D eigenvalue weighted by Gasteiger charge is 1.99. The van der Waals surface area contributed by atoms with Gasteiger partial charge in [-0.25, -0.2) is 4.98 Å². The number of aliphatic hydroxyl groups is 1. The first kappa shape index (κ1) is 12.0. The highest BCUT2D eigenvalue weighted by molar-refractivity contribution is 9.10. The van der Waals surface area contributed by atoms with Crippen LogP contribution in [-0.2, 0) is 13.2 Å². The summed E-state index contributed by atoms with van der Waals surface area (Å²) in [6.07, 6.45) is 3.00. The maximum Gasteiger partial charge on any atom is 0.232 e. The van der Waals surface area contributed by atoms with Gasteiger partial charge in [0.15, 0.2) is 0 Å². The van der Waals surface area contributed by atoms with Gasteiger partial charge in [-0.1, -0.05) is 28.1 Å². The number of hydrogen-bond acceptors (Lipinski definition) is 4. The van der Waals surface area contributed by atoms with Crippen LogP contribution in [0.2, 0.25) is 0 Å². The minimum atomic E-state index is -0.112. The number of benzene rings is 1. The van der Waals surface area contributed by atoms with Crippen molar-refractivity contribution < 1.29 is 9.84 Å². The molecule has 2 aromatic rings. The van der Waals surface area contributed by atoms with E-state index in [1.54, 1.807) is 0 Å². The van der Waals surface area contributed by atoms with Gasteiger partial charge < -0.3 is 9.84 Å². The number of nitrogens with zero attached hydrogens (tertiary/aromatic N) is 2. The Kier molecular flexibility index (Phi) is 4.06. The summed E-state index contributed by atoms with van der Waals surface area (Å²) in [6.45, 7) is 0.325. The van der Waals surface area contributed by atoms with Crippen molar-refractivity contribution in [1.29, 1.82) is 0 Å². The number of aliphatic hydroxyl groups excluding tert-OH is 1. The molecule has 17 heavy (non-hydrogen) atoms. The Morgan fingerprint density at radius 1 is 1.24 bits per heavy atom. The summed E-state index contributed by atoms with van der Waals surface area (Å²) in [4.78, 5) is 8.01. The van der Waals surface area contributed by atoms with E-state index in [2.05, 4.69) is 25.9 Å². The Bertz CT molecular complexity index is 488. The predicted octanol–water partition coefficient (Wildman–Crippen LogP) is 2.31. The lowest BCUT2D eigenvalue weighted by Crippen LogP contribution is -1.99. The van der Waals surface area contributed by atoms with Crippen molar-refractivity contribution in [2.75, 3.05) is 0 Å². The smallest absolute Gasteiger partial charge is 0.232 e. The van der Waals surface area contributed by atoms with Crippen LogP contribution in [0, 0.1) is 0 Å². The molecule has 1 heterocycles. The first-order chi connectivity index (χ1) is 8.28. The molecule has 0 aliphatic carbocycles. The van der Waals surface area contributed by atoms with Crippen LogP contribution in [0.1, 0.15) is 11.3 Å². The van der Waals surface area contributed by atoms with Gasteiger partial charge in [0.1, 0.15) is 6.61 Å². The van der Waals surface area contributed by atoms with Gasteiger partial charge in [-0.15, -0.1) is 0 Å². The van der Waals surface area contributed by atoms with E-state index in [0.717, 1.165) is 10.0 Å². The van der Waals surface area contributed by atoms with Crippen LogP contribution in [0.3, 0.4) is 0 Å². The molecule has 5 heteroatoms. The van der Waals surface area contributed by atoms with Crippen LogP contribution in [-0.4, -0.2) is 15.1 Å². The SMILES string of the molecule is OCc1cnc(OCc2cccc(Br)c2)cn1. The number of halogens is 1.